The van der Waals surface area contributed by atoms with Crippen LogP contribution in [-0.4, -0.2) is 6.10 Å². The van der Waals surface area contributed by atoms with Gasteiger partial charge in [-0.3, -0.25) is 0 Å². The van der Waals surface area contributed by atoms with Crippen molar-refractivity contribution >= 4 is 0 Å². The van der Waals surface area contributed by atoms with Gasteiger partial charge in [0.2, 0.25) is 0 Å². The Kier molecular flexibility index (Phi) is 2.60. The van der Waals surface area contributed by atoms with E-state index in [1.165, 1.54) is 24.8 Å². The zero-order chi connectivity index (χ0) is 10.0. The Labute approximate surface area is 86.1 Å². The summed E-state index contributed by atoms with van der Waals surface area (Å²) in [6.45, 7) is 4.42. The molecule has 1 fully saturated rings. The summed E-state index contributed by atoms with van der Waals surface area (Å²) in [6, 6.07) is 10.5. The maximum atomic E-state index is 5.79. The van der Waals surface area contributed by atoms with E-state index in [2.05, 4.69) is 44.2 Å². The SMILES string of the molecule is CCCCC1OC1(C)c1ccccc1. The number of hydrogen-bond donors (Lipinski definition) is 0. The predicted octanol–water partition coefficient (Wildman–Crippen LogP) is 3.49. The molecule has 2 unspecified atom stereocenters. The first-order valence-corrected chi connectivity index (χ1v) is 5.50. The maximum absolute atomic E-state index is 5.79. The van der Waals surface area contributed by atoms with Crippen LogP contribution >= 0.6 is 0 Å². The van der Waals surface area contributed by atoms with Crippen LogP contribution in [0.5, 0.6) is 0 Å². The molecule has 2 atom stereocenters. The molecule has 0 radical (unpaired) electrons. The van der Waals surface area contributed by atoms with Gasteiger partial charge in [-0.1, -0.05) is 50.1 Å². The number of benzene rings is 1. The van der Waals surface area contributed by atoms with Crippen LogP contribution in [-0.2, 0) is 10.3 Å². The Morgan fingerprint density at radius 2 is 2.00 bits per heavy atom. The summed E-state index contributed by atoms with van der Waals surface area (Å²) in [5, 5.41) is 0. The molecule has 1 aromatic carbocycles. The fourth-order valence-electron chi connectivity index (χ4n) is 2.01. The summed E-state index contributed by atoms with van der Waals surface area (Å²) < 4.78 is 5.79. The van der Waals surface area contributed by atoms with E-state index in [0.717, 1.165) is 0 Å². The van der Waals surface area contributed by atoms with Crippen LogP contribution in [0, 0.1) is 0 Å². The molecule has 1 aliphatic heterocycles. The molecule has 2 rings (SSSR count). The van der Waals surface area contributed by atoms with Crippen LogP contribution < -0.4 is 0 Å². The Morgan fingerprint density at radius 1 is 1.29 bits per heavy atom. The lowest BCUT2D eigenvalue weighted by atomic mass is 9.95. The van der Waals surface area contributed by atoms with Crippen molar-refractivity contribution in [2.75, 3.05) is 0 Å². The van der Waals surface area contributed by atoms with Gasteiger partial charge in [0.1, 0.15) is 5.60 Å². The fraction of sp³-hybridized carbons (Fsp3) is 0.538. The lowest BCUT2D eigenvalue weighted by Gasteiger charge is -2.05. The highest BCUT2D eigenvalue weighted by Gasteiger charge is 2.52. The topological polar surface area (TPSA) is 12.5 Å². The summed E-state index contributed by atoms with van der Waals surface area (Å²) in [6.07, 6.45) is 4.17. The zero-order valence-electron chi connectivity index (χ0n) is 8.99. The van der Waals surface area contributed by atoms with Crippen LogP contribution in [0.3, 0.4) is 0 Å². The van der Waals surface area contributed by atoms with Crippen molar-refractivity contribution in [3.63, 3.8) is 0 Å². The Hall–Kier alpha value is -0.820. The minimum Gasteiger partial charge on any atom is -0.361 e. The molecule has 14 heavy (non-hydrogen) atoms. The molecular formula is C13H18O. The Bertz CT molecular complexity index is 293. The van der Waals surface area contributed by atoms with Gasteiger partial charge in [0.25, 0.3) is 0 Å². The number of unbranched alkanes of at least 4 members (excludes halogenated alkanes) is 1. The molecule has 1 heterocycles. The first kappa shape index (κ1) is 9.72. The van der Waals surface area contributed by atoms with Gasteiger partial charge in [0.15, 0.2) is 0 Å². The minimum atomic E-state index is 0.0103. The number of rotatable bonds is 4. The average Bonchev–Trinajstić information content (AvgIpc) is 2.90. The first-order valence-electron chi connectivity index (χ1n) is 5.50. The van der Waals surface area contributed by atoms with Crippen LogP contribution in [0.1, 0.15) is 38.7 Å². The van der Waals surface area contributed by atoms with Gasteiger partial charge in [-0.25, -0.2) is 0 Å². The van der Waals surface area contributed by atoms with Crippen molar-refractivity contribution in [1.29, 1.82) is 0 Å². The van der Waals surface area contributed by atoms with E-state index < -0.39 is 0 Å². The van der Waals surface area contributed by atoms with E-state index in [1.807, 2.05) is 0 Å². The van der Waals surface area contributed by atoms with Gasteiger partial charge >= 0.3 is 0 Å². The molecule has 1 heteroatoms. The van der Waals surface area contributed by atoms with Gasteiger partial charge in [0, 0.05) is 0 Å². The second-order valence-electron chi connectivity index (χ2n) is 4.22. The highest BCUT2D eigenvalue weighted by molar-refractivity contribution is 5.27. The summed E-state index contributed by atoms with van der Waals surface area (Å²) in [5.41, 5.74) is 1.33. The maximum Gasteiger partial charge on any atom is 0.117 e. The molecule has 1 saturated heterocycles. The molecule has 76 valence electrons. The van der Waals surface area contributed by atoms with Gasteiger partial charge in [-0.2, -0.15) is 0 Å². The van der Waals surface area contributed by atoms with Gasteiger partial charge in [0.05, 0.1) is 6.10 Å². The van der Waals surface area contributed by atoms with Crippen LogP contribution in [0.15, 0.2) is 30.3 Å². The van der Waals surface area contributed by atoms with Crippen molar-refractivity contribution in [1.82, 2.24) is 0 Å². The van der Waals surface area contributed by atoms with Crippen molar-refractivity contribution < 1.29 is 4.74 Å². The molecule has 0 N–H and O–H groups in total. The second kappa shape index (κ2) is 3.74. The average molecular weight is 190 g/mol. The van der Waals surface area contributed by atoms with E-state index in [-0.39, 0.29) is 5.60 Å². The normalized spacial score (nSPS) is 30.3. The molecule has 1 aliphatic rings. The van der Waals surface area contributed by atoms with Crippen molar-refractivity contribution in [3.05, 3.63) is 35.9 Å². The third-order valence-corrected chi connectivity index (χ3v) is 3.11. The van der Waals surface area contributed by atoms with Crippen LogP contribution in [0.25, 0.3) is 0 Å². The third-order valence-electron chi connectivity index (χ3n) is 3.11. The molecule has 0 amide bonds. The fourth-order valence-corrected chi connectivity index (χ4v) is 2.01. The number of hydrogen-bond acceptors (Lipinski definition) is 1. The minimum absolute atomic E-state index is 0.0103. The molecule has 0 aliphatic carbocycles. The standard InChI is InChI=1S/C13H18O/c1-3-4-10-12-13(2,14-12)11-8-6-5-7-9-11/h5-9,12H,3-4,10H2,1-2H3. The lowest BCUT2D eigenvalue weighted by molar-refractivity contribution is 0.308. The second-order valence-corrected chi connectivity index (χ2v) is 4.22. The van der Waals surface area contributed by atoms with Crippen molar-refractivity contribution in [2.45, 2.75) is 44.8 Å². The number of ether oxygens (including phenoxy) is 1. The molecule has 1 nitrogen and oxygen atoms in total. The quantitative estimate of drug-likeness (QED) is 0.662. The highest BCUT2D eigenvalue weighted by atomic mass is 16.6. The monoisotopic (exact) mass is 190 g/mol. The largest absolute Gasteiger partial charge is 0.361 e. The Morgan fingerprint density at radius 3 is 2.64 bits per heavy atom. The summed E-state index contributed by atoms with van der Waals surface area (Å²) in [4.78, 5) is 0. The highest BCUT2D eigenvalue weighted by Crippen LogP contribution is 2.47. The summed E-state index contributed by atoms with van der Waals surface area (Å²) in [5.74, 6) is 0. The first-order chi connectivity index (χ1) is 6.77. The Balaban J connectivity index is 2.00. The van der Waals surface area contributed by atoms with Crippen molar-refractivity contribution in [2.24, 2.45) is 0 Å². The lowest BCUT2D eigenvalue weighted by Crippen LogP contribution is -2.07. The molecule has 0 aromatic heterocycles. The van der Waals surface area contributed by atoms with E-state index in [9.17, 15) is 0 Å². The van der Waals surface area contributed by atoms with E-state index in [0.29, 0.717) is 6.10 Å². The molecule has 0 bridgehead atoms. The van der Waals surface area contributed by atoms with Crippen LogP contribution in [0.4, 0.5) is 0 Å². The smallest absolute Gasteiger partial charge is 0.117 e. The summed E-state index contributed by atoms with van der Waals surface area (Å²) in [7, 11) is 0. The van der Waals surface area contributed by atoms with Crippen molar-refractivity contribution in [3.8, 4) is 0 Å². The van der Waals surface area contributed by atoms with Gasteiger partial charge < -0.3 is 4.74 Å². The molecular weight excluding hydrogens is 172 g/mol. The summed E-state index contributed by atoms with van der Waals surface area (Å²) >= 11 is 0. The van der Waals surface area contributed by atoms with Gasteiger partial charge in [-0.05, 0) is 18.9 Å². The third kappa shape index (κ3) is 1.69. The van der Waals surface area contributed by atoms with Gasteiger partial charge in [-0.15, -0.1) is 0 Å². The molecule has 0 spiro atoms. The van der Waals surface area contributed by atoms with E-state index in [4.69, 9.17) is 4.74 Å². The zero-order valence-corrected chi connectivity index (χ0v) is 8.99. The molecule has 1 aromatic rings. The van der Waals surface area contributed by atoms with Crippen LogP contribution in [0.2, 0.25) is 0 Å². The van der Waals surface area contributed by atoms with E-state index in [1.54, 1.807) is 0 Å². The number of epoxide rings is 1. The predicted molar refractivity (Wildman–Crippen MR) is 58.2 cm³/mol. The van der Waals surface area contributed by atoms with E-state index >= 15 is 0 Å². The molecule has 0 saturated carbocycles.